The maximum absolute atomic E-state index is 9.00. The van der Waals surface area contributed by atoms with Gasteiger partial charge in [0.1, 0.15) is 0 Å². The summed E-state index contributed by atoms with van der Waals surface area (Å²) in [6.07, 6.45) is -1.83. The van der Waals surface area contributed by atoms with Gasteiger partial charge in [-0.05, 0) is 0 Å². The maximum Gasteiger partial charge on any atom is 0.503 e. The van der Waals surface area contributed by atoms with Gasteiger partial charge in [0.2, 0.25) is 0 Å². The molecule has 0 aliphatic rings. The molecule has 0 radical (unpaired) electrons. The van der Waals surface area contributed by atoms with E-state index in [1.165, 1.54) is 0 Å². The van der Waals surface area contributed by atoms with E-state index < -0.39 is 12.1 Å². The average Bonchev–Trinajstić information content (AvgIpc) is 1.25. The Labute approximate surface area is 50.7 Å². The van der Waals surface area contributed by atoms with Crippen LogP contribution >= 0.6 is 0 Å². The fourth-order valence-corrected chi connectivity index (χ4v) is 0. The van der Waals surface area contributed by atoms with Crippen LogP contribution in [0.3, 0.4) is 0 Å². The first-order chi connectivity index (χ1) is 3.46. The lowest BCUT2D eigenvalue weighted by atomic mass is 10.9. The molecule has 0 aliphatic carbocycles. The molecule has 0 saturated heterocycles. The van der Waals surface area contributed by atoms with Crippen molar-refractivity contribution in [2.45, 2.75) is 6.92 Å². The fraction of sp³-hybridized carbons (Fsp3) is 0.333. The van der Waals surface area contributed by atoms with E-state index in [2.05, 4.69) is 0 Å². The summed E-state index contributed by atoms with van der Waals surface area (Å²) in [4.78, 5) is 17.6. The molecule has 6 nitrogen and oxygen atoms in total. The number of carbonyl (C=O) groups is 2. The quantitative estimate of drug-likeness (QED) is 0.417. The van der Waals surface area contributed by atoms with Gasteiger partial charge in [-0.15, -0.1) is 0 Å². The van der Waals surface area contributed by atoms with Gasteiger partial charge in [-0.1, -0.05) is 0 Å². The van der Waals surface area contributed by atoms with E-state index in [0.29, 0.717) is 0 Å². The fourth-order valence-electron chi connectivity index (χ4n) is 0. The summed E-state index contributed by atoms with van der Waals surface area (Å²) in [6, 6.07) is 0. The predicted molar refractivity (Wildman–Crippen MR) is 27.6 cm³/mol. The zero-order valence-corrected chi connectivity index (χ0v) is 4.66. The van der Waals surface area contributed by atoms with Crippen molar-refractivity contribution in [1.82, 2.24) is 0 Å². The van der Waals surface area contributed by atoms with Crippen LogP contribution < -0.4 is 0 Å². The Morgan fingerprint density at radius 3 is 1.11 bits per heavy atom. The first-order valence-corrected chi connectivity index (χ1v) is 1.58. The molecule has 56 valence electrons. The molecule has 0 aromatic carbocycles. The molecule has 0 aromatic rings. The van der Waals surface area contributed by atoms with Crippen LogP contribution in [0.5, 0.6) is 0 Å². The van der Waals surface area contributed by atoms with Gasteiger partial charge in [0.05, 0.1) is 0 Å². The molecule has 5 N–H and O–H groups in total. The number of hydrogen-bond acceptors (Lipinski definition) is 2. The van der Waals surface area contributed by atoms with Gasteiger partial charge in [0.15, 0.2) is 0 Å². The van der Waals surface area contributed by atoms with Gasteiger partial charge in [0.25, 0.3) is 5.97 Å². The molecule has 0 fully saturated rings. The first kappa shape index (κ1) is 15.6. The van der Waals surface area contributed by atoms with E-state index in [-0.39, 0.29) is 5.48 Å². The van der Waals surface area contributed by atoms with Crippen LogP contribution in [0, 0.1) is 0 Å². The van der Waals surface area contributed by atoms with Gasteiger partial charge >= 0.3 is 6.16 Å². The third-order valence-corrected chi connectivity index (χ3v) is 0. The Morgan fingerprint density at radius 1 is 1.11 bits per heavy atom. The smallest absolute Gasteiger partial charge is 0.481 e. The lowest BCUT2D eigenvalue weighted by Gasteiger charge is -1.60. The number of aliphatic carboxylic acids is 1. The summed E-state index contributed by atoms with van der Waals surface area (Å²) in [6.45, 7) is 1.08. The normalized spacial score (nSPS) is 5.44. The van der Waals surface area contributed by atoms with Crippen LogP contribution in [0.1, 0.15) is 6.92 Å². The highest BCUT2D eigenvalue weighted by atomic mass is 16.6. The second-order valence-corrected chi connectivity index (χ2v) is 0.802. The molecule has 0 aromatic heterocycles. The van der Waals surface area contributed by atoms with Crippen molar-refractivity contribution < 1.29 is 30.4 Å². The maximum atomic E-state index is 9.00. The molecule has 0 atom stereocenters. The number of carboxylic acid groups (broad SMARTS) is 3. The molecule has 0 heterocycles. The van der Waals surface area contributed by atoms with Gasteiger partial charge in [-0.25, -0.2) is 4.79 Å². The van der Waals surface area contributed by atoms with Gasteiger partial charge in [0, 0.05) is 6.92 Å². The second-order valence-electron chi connectivity index (χ2n) is 0.802. The number of carboxylic acids is 1. The lowest BCUT2D eigenvalue weighted by Crippen LogP contribution is -1.81. The summed E-state index contributed by atoms with van der Waals surface area (Å²) in [5, 5.41) is 21.4. The van der Waals surface area contributed by atoms with Crippen molar-refractivity contribution in [3.05, 3.63) is 0 Å². The molecule has 6 heteroatoms. The van der Waals surface area contributed by atoms with Crippen LogP contribution in [0.4, 0.5) is 4.79 Å². The third-order valence-electron chi connectivity index (χ3n) is 0. The van der Waals surface area contributed by atoms with Gasteiger partial charge in [-0.3, -0.25) is 4.79 Å². The highest BCUT2D eigenvalue weighted by molar-refractivity contribution is 5.62. The van der Waals surface area contributed by atoms with Crippen LogP contribution in [0.2, 0.25) is 0 Å². The van der Waals surface area contributed by atoms with E-state index in [1.54, 1.807) is 0 Å². The van der Waals surface area contributed by atoms with Crippen LogP contribution in [0.15, 0.2) is 0 Å². The van der Waals surface area contributed by atoms with E-state index >= 15 is 0 Å². The van der Waals surface area contributed by atoms with Crippen molar-refractivity contribution in [2.24, 2.45) is 0 Å². The van der Waals surface area contributed by atoms with Crippen molar-refractivity contribution in [2.75, 3.05) is 0 Å². The predicted octanol–water partition coefficient (Wildman–Crippen LogP) is -0.511. The topological polar surface area (TPSA) is 126 Å². The van der Waals surface area contributed by atoms with Crippen LogP contribution in [0.25, 0.3) is 0 Å². The lowest BCUT2D eigenvalue weighted by molar-refractivity contribution is -0.134. The van der Waals surface area contributed by atoms with Crippen molar-refractivity contribution >= 4 is 12.1 Å². The third kappa shape index (κ3) is 87.6. The van der Waals surface area contributed by atoms with E-state index in [9.17, 15) is 0 Å². The monoisotopic (exact) mass is 140 g/mol. The first-order valence-electron chi connectivity index (χ1n) is 1.58. The minimum atomic E-state index is -1.83. The molecule has 0 bridgehead atoms. The summed E-state index contributed by atoms with van der Waals surface area (Å²) in [5.74, 6) is -0.833. The minimum absolute atomic E-state index is 0. The SMILES string of the molecule is CC(=O)O.O.O=C(O)O. The van der Waals surface area contributed by atoms with Gasteiger partial charge in [-0.2, -0.15) is 0 Å². The van der Waals surface area contributed by atoms with E-state index in [4.69, 9.17) is 24.9 Å². The number of hydrogen-bond donors (Lipinski definition) is 3. The minimum Gasteiger partial charge on any atom is -0.481 e. The number of rotatable bonds is 0. The molecule has 0 saturated carbocycles. The molecule has 0 unspecified atom stereocenters. The highest BCUT2D eigenvalue weighted by Gasteiger charge is 1.70. The largest absolute Gasteiger partial charge is 0.503 e. The Hall–Kier alpha value is -1.30. The van der Waals surface area contributed by atoms with Crippen molar-refractivity contribution in [3.8, 4) is 0 Å². The van der Waals surface area contributed by atoms with Gasteiger partial charge < -0.3 is 20.8 Å². The average molecular weight is 140 g/mol. The zero-order valence-electron chi connectivity index (χ0n) is 4.66. The molecule has 0 aliphatic heterocycles. The Morgan fingerprint density at radius 2 is 1.11 bits per heavy atom. The summed E-state index contributed by atoms with van der Waals surface area (Å²) in [5.41, 5.74) is 0. The Kier molecular flexibility index (Phi) is 17.1. The van der Waals surface area contributed by atoms with Crippen molar-refractivity contribution in [3.63, 3.8) is 0 Å². The molecular formula is C3H8O6. The van der Waals surface area contributed by atoms with Crippen LogP contribution in [-0.4, -0.2) is 32.9 Å². The summed E-state index contributed by atoms with van der Waals surface area (Å²) < 4.78 is 0. The standard InChI is InChI=1S/C2H4O2.CH2O3.H2O/c1-2(3)4;2-1(3)4;/h1H3,(H,3,4);(H2,2,3,4);1H2. The van der Waals surface area contributed by atoms with Crippen molar-refractivity contribution in [1.29, 1.82) is 0 Å². The molecular weight excluding hydrogens is 132 g/mol. The highest BCUT2D eigenvalue weighted by Crippen LogP contribution is 1.43. The van der Waals surface area contributed by atoms with Crippen LogP contribution in [-0.2, 0) is 4.79 Å². The zero-order chi connectivity index (χ0) is 7.15. The Balaban J connectivity index is -0.0000000720. The van der Waals surface area contributed by atoms with E-state index in [1.807, 2.05) is 0 Å². The molecule has 0 amide bonds. The molecule has 0 spiro atoms. The Bertz CT molecular complexity index is 66.3. The molecule has 9 heavy (non-hydrogen) atoms. The summed E-state index contributed by atoms with van der Waals surface area (Å²) >= 11 is 0. The second kappa shape index (κ2) is 9.85. The van der Waals surface area contributed by atoms with E-state index in [0.717, 1.165) is 6.92 Å². The molecule has 0 rings (SSSR count). The summed E-state index contributed by atoms with van der Waals surface area (Å²) in [7, 11) is 0.